The zero-order valence-corrected chi connectivity index (χ0v) is 15.9. The number of benzene rings is 2. The van der Waals surface area contributed by atoms with Crippen molar-refractivity contribution in [2.24, 2.45) is 0 Å². The van der Waals surface area contributed by atoms with E-state index in [1.165, 1.54) is 18.2 Å². The monoisotopic (exact) mass is 433 g/mol. The highest BCUT2D eigenvalue weighted by Crippen LogP contribution is 2.24. The van der Waals surface area contributed by atoms with E-state index in [4.69, 9.17) is 0 Å². The number of carbonyl (C=O) groups is 2. The number of halogens is 2. The third-order valence-electron chi connectivity index (χ3n) is 3.41. The standard InChI is InChI=1S/C18H13BrFN3O2S/c1-10-15(17(25)22-14-7-5-12(19)6-8-14)26-18(21-10)23-16(24)11-3-2-4-13(20)9-11/h2-9H,1H3,(H,22,25)(H,21,23,24). The Morgan fingerprint density at radius 1 is 1.08 bits per heavy atom. The second kappa shape index (κ2) is 7.76. The van der Waals surface area contributed by atoms with Gasteiger partial charge in [-0.3, -0.25) is 14.9 Å². The molecule has 2 amide bonds. The molecule has 0 saturated carbocycles. The van der Waals surface area contributed by atoms with E-state index >= 15 is 0 Å². The van der Waals surface area contributed by atoms with Crippen molar-refractivity contribution in [1.82, 2.24) is 4.98 Å². The van der Waals surface area contributed by atoms with Gasteiger partial charge in [0.1, 0.15) is 10.7 Å². The van der Waals surface area contributed by atoms with Gasteiger partial charge in [0.05, 0.1) is 5.69 Å². The van der Waals surface area contributed by atoms with Gasteiger partial charge in [-0.05, 0) is 49.4 Å². The molecule has 3 aromatic rings. The third-order valence-corrected chi connectivity index (χ3v) is 5.01. The first-order valence-corrected chi connectivity index (χ1v) is 9.14. The number of amides is 2. The van der Waals surface area contributed by atoms with Gasteiger partial charge in [0.2, 0.25) is 0 Å². The largest absolute Gasteiger partial charge is 0.321 e. The smallest absolute Gasteiger partial charge is 0.267 e. The van der Waals surface area contributed by atoms with Crippen molar-refractivity contribution in [2.75, 3.05) is 10.6 Å². The van der Waals surface area contributed by atoms with Gasteiger partial charge in [0.15, 0.2) is 5.13 Å². The maximum absolute atomic E-state index is 13.2. The SMILES string of the molecule is Cc1nc(NC(=O)c2cccc(F)c2)sc1C(=O)Nc1ccc(Br)cc1. The minimum atomic E-state index is -0.498. The Morgan fingerprint density at radius 3 is 2.50 bits per heavy atom. The first-order valence-electron chi connectivity index (χ1n) is 7.53. The summed E-state index contributed by atoms with van der Waals surface area (Å²) in [6.07, 6.45) is 0. The second-order valence-corrected chi connectivity index (χ2v) is 7.27. The molecule has 0 fully saturated rings. The summed E-state index contributed by atoms with van der Waals surface area (Å²) in [6, 6.07) is 12.5. The number of hydrogen-bond donors (Lipinski definition) is 2. The molecule has 0 saturated heterocycles. The molecule has 0 aliphatic rings. The summed E-state index contributed by atoms with van der Waals surface area (Å²) in [4.78, 5) is 29.2. The number of nitrogens with zero attached hydrogens (tertiary/aromatic N) is 1. The summed E-state index contributed by atoms with van der Waals surface area (Å²) in [5.41, 5.74) is 1.33. The second-order valence-electron chi connectivity index (χ2n) is 5.36. The maximum Gasteiger partial charge on any atom is 0.267 e. The van der Waals surface area contributed by atoms with Gasteiger partial charge in [-0.25, -0.2) is 9.37 Å². The number of aromatic nitrogens is 1. The van der Waals surface area contributed by atoms with Crippen LogP contribution in [0.25, 0.3) is 0 Å². The van der Waals surface area contributed by atoms with Crippen LogP contribution in [0.4, 0.5) is 15.2 Å². The highest BCUT2D eigenvalue weighted by molar-refractivity contribution is 9.10. The van der Waals surface area contributed by atoms with Gasteiger partial charge in [-0.2, -0.15) is 0 Å². The van der Waals surface area contributed by atoms with Crippen LogP contribution in [0.1, 0.15) is 25.7 Å². The molecule has 132 valence electrons. The lowest BCUT2D eigenvalue weighted by Crippen LogP contribution is -2.11. The number of thiazole rings is 1. The predicted octanol–water partition coefficient (Wildman–Crippen LogP) is 4.86. The Morgan fingerprint density at radius 2 is 1.81 bits per heavy atom. The third kappa shape index (κ3) is 4.33. The van der Waals surface area contributed by atoms with Crippen molar-refractivity contribution in [1.29, 1.82) is 0 Å². The van der Waals surface area contributed by atoms with E-state index in [2.05, 4.69) is 31.5 Å². The van der Waals surface area contributed by atoms with E-state index in [1.807, 2.05) is 12.1 Å². The molecule has 8 heteroatoms. The molecule has 5 nitrogen and oxygen atoms in total. The maximum atomic E-state index is 13.2. The van der Waals surface area contributed by atoms with Crippen molar-refractivity contribution in [3.8, 4) is 0 Å². The number of nitrogens with one attached hydrogen (secondary N) is 2. The van der Waals surface area contributed by atoms with E-state index in [-0.39, 0.29) is 16.6 Å². The van der Waals surface area contributed by atoms with E-state index in [1.54, 1.807) is 19.1 Å². The van der Waals surface area contributed by atoms with Gasteiger partial charge < -0.3 is 5.32 Å². The fourth-order valence-electron chi connectivity index (χ4n) is 2.18. The lowest BCUT2D eigenvalue weighted by atomic mass is 10.2. The Hall–Kier alpha value is -2.58. The molecule has 0 unspecified atom stereocenters. The molecule has 0 atom stereocenters. The molecular formula is C18H13BrFN3O2S. The molecule has 1 aromatic heterocycles. The van der Waals surface area contributed by atoms with E-state index in [9.17, 15) is 14.0 Å². The summed E-state index contributed by atoms with van der Waals surface area (Å²) in [6.45, 7) is 1.69. The molecule has 0 aliphatic heterocycles. The highest BCUT2D eigenvalue weighted by atomic mass is 79.9. The average Bonchev–Trinajstić information content (AvgIpc) is 2.97. The van der Waals surface area contributed by atoms with Crippen molar-refractivity contribution in [3.05, 3.63) is 75.0 Å². The van der Waals surface area contributed by atoms with Crippen LogP contribution in [-0.4, -0.2) is 16.8 Å². The lowest BCUT2D eigenvalue weighted by Gasteiger charge is -2.03. The van der Waals surface area contributed by atoms with Crippen LogP contribution in [-0.2, 0) is 0 Å². The first kappa shape index (κ1) is 18.2. The number of aryl methyl sites for hydroxylation is 1. The van der Waals surface area contributed by atoms with Crippen LogP contribution < -0.4 is 10.6 Å². The minimum absolute atomic E-state index is 0.179. The molecule has 2 N–H and O–H groups in total. The number of rotatable bonds is 4. The van der Waals surface area contributed by atoms with Gasteiger partial charge in [0, 0.05) is 15.7 Å². The van der Waals surface area contributed by atoms with Gasteiger partial charge in [-0.15, -0.1) is 0 Å². The van der Waals surface area contributed by atoms with Crippen LogP contribution in [0, 0.1) is 12.7 Å². The van der Waals surface area contributed by atoms with Crippen LogP contribution >= 0.6 is 27.3 Å². The van der Waals surface area contributed by atoms with Gasteiger partial charge in [-0.1, -0.05) is 33.3 Å². The zero-order valence-electron chi connectivity index (χ0n) is 13.5. The Kier molecular flexibility index (Phi) is 5.43. The normalized spacial score (nSPS) is 10.4. The van der Waals surface area contributed by atoms with Crippen LogP contribution in [0.5, 0.6) is 0 Å². The summed E-state index contributed by atoms with van der Waals surface area (Å²) in [5, 5.41) is 5.64. The Balaban J connectivity index is 1.73. The van der Waals surface area contributed by atoms with Gasteiger partial charge >= 0.3 is 0 Å². The number of anilines is 2. The Bertz CT molecular complexity index is 973. The number of carbonyl (C=O) groups excluding carboxylic acids is 2. The van der Waals surface area contributed by atoms with Crippen molar-refractivity contribution >= 4 is 49.9 Å². The molecule has 1 heterocycles. The van der Waals surface area contributed by atoms with E-state index in [0.717, 1.165) is 21.9 Å². The van der Waals surface area contributed by atoms with E-state index < -0.39 is 11.7 Å². The molecule has 0 aliphatic carbocycles. The number of hydrogen-bond acceptors (Lipinski definition) is 4. The topological polar surface area (TPSA) is 71.1 Å². The van der Waals surface area contributed by atoms with Crippen molar-refractivity contribution in [3.63, 3.8) is 0 Å². The lowest BCUT2D eigenvalue weighted by molar-refractivity contribution is 0.101. The average molecular weight is 434 g/mol. The van der Waals surface area contributed by atoms with Crippen LogP contribution in [0.2, 0.25) is 0 Å². The minimum Gasteiger partial charge on any atom is -0.321 e. The van der Waals surface area contributed by atoms with Crippen LogP contribution in [0.15, 0.2) is 53.0 Å². The molecule has 26 heavy (non-hydrogen) atoms. The van der Waals surface area contributed by atoms with Gasteiger partial charge in [0.25, 0.3) is 11.8 Å². The molecular weight excluding hydrogens is 421 g/mol. The fourth-order valence-corrected chi connectivity index (χ4v) is 3.30. The first-order chi connectivity index (χ1) is 12.4. The zero-order chi connectivity index (χ0) is 18.7. The molecule has 0 radical (unpaired) electrons. The predicted molar refractivity (Wildman–Crippen MR) is 103 cm³/mol. The summed E-state index contributed by atoms with van der Waals surface area (Å²) in [5.74, 6) is -1.30. The summed E-state index contributed by atoms with van der Waals surface area (Å²) in [7, 11) is 0. The highest BCUT2D eigenvalue weighted by Gasteiger charge is 2.17. The quantitative estimate of drug-likeness (QED) is 0.616. The Labute approximate surface area is 161 Å². The molecule has 3 rings (SSSR count). The van der Waals surface area contributed by atoms with E-state index in [0.29, 0.717) is 16.3 Å². The summed E-state index contributed by atoms with van der Waals surface area (Å²) >= 11 is 4.39. The molecule has 0 bridgehead atoms. The van der Waals surface area contributed by atoms with Crippen molar-refractivity contribution in [2.45, 2.75) is 6.92 Å². The van der Waals surface area contributed by atoms with Crippen LogP contribution in [0.3, 0.4) is 0 Å². The molecule has 2 aromatic carbocycles. The fraction of sp³-hybridized carbons (Fsp3) is 0.0556. The van der Waals surface area contributed by atoms with Crippen molar-refractivity contribution < 1.29 is 14.0 Å². The summed E-state index contributed by atoms with van der Waals surface area (Å²) < 4.78 is 14.1. The molecule has 0 spiro atoms.